The van der Waals surface area contributed by atoms with Gasteiger partial charge in [-0.15, -0.1) is 0 Å². The number of aromatic nitrogens is 2. The molecule has 1 saturated carbocycles. The molecular formula is C19H20N6O. The summed E-state index contributed by atoms with van der Waals surface area (Å²) in [6.45, 7) is 0. The van der Waals surface area contributed by atoms with Crippen LogP contribution in [0.2, 0.25) is 0 Å². The maximum absolute atomic E-state index is 12.5. The molecular weight excluding hydrogens is 328 g/mol. The van der Waals surface area contributed by atoms with E-state index in [9.17, 15) is 4.79 Å². The third kappa shape index (κ3) is 3.29. The number of rotatable bonds is 3. The van der Waals surface area contributed by atoms with Crippen LogP contribution in [-0.4, -0.2) is 28.0 Å². The Morgan fingerprint density at radius 2 is 2.04 bits per heavy atom. The quantitative estimate of drug-likeness (QED) is 0.776. The van der Waals surface area contributed by atoms with E-state index in [1.54, 1.807) is 6.07 Å². The fraction of sp³-hybridized carbons (Fsp3) is 0.368. The average Bonchev–Trinajstić information content (AvgIpc) is 3.12. The normalized spacial score (nSPS) is 27.3. The largest absolute Gasteiger partial charge is 0.349 e. The molecule has 3 N–H and O–H groups in total. The lowest BCUT2D eigenvalue weighted by molar-refractivity contribution is 0.0915. The predicted molar refractivity (Wildman–Crippen MR) is 94.6 cm³/mol. The first-order valence-corrected chi connectivity index (χ1v) is 8.82. The number of pyridine rings is 2. The number of carbonyl (C=O) groups is 1. The SMILES string of the molecule is N#Cc1cc(C(=O)NC2CCC3NNC(c4ccncc4)C3C2)ccn1. The lowest BCUT2D eigenvalue weighted by atomic mass is 9.77. The second-order valence-electron chi connectivity index (χ2n) is 6.84. The Labute approximate surface area is 151 Å². The van der Waals surface area contributed by atoms with E-state index in [1.165, 1.54) is 17.8 Å². The molecule has 2 aliphatic rings. The molecule has 7 heteroatoms. The zero-order chi connectivity index (χ0) is 17.9. The van der Waals surface area contributed by atoms with Gasteiger partial charge in [-0.3, -0.25) is 15.2 Å². The summed E-state index contributed by atoms with van der Waals surface area (Å²) in [5.41, 5.74) is 8.74. The van der Waals surface area contributed by atoms with Crippen molar-refractivity contribution in [1.82, 2.24) is 26.1 Å². The van der Waals surface area contributed by atoms with E-state index < -0.39 is 0 Å². The zero-order valence-corrected chi connectivity index (χ0v) is 14.2. The number of nitriles is 1. The summed E-state index contributed by atoms with van der Waals surface area (Å²) in [7, 11) is 0. The molecule has 0 radical (unpaired) electrons. The number of hydrogen-bond acceptors (Lipinski definition) is 6. The van der Waals surface area contributed by atoms with Gasteiger partial charge in [0.25, 0.3) is 5.91 Å². The number of amides is 1. The highest BCUT2D eigenvalue weighted by atomic mass is 16.1. The highest BCUT2D eigenvalue weighted by molar-refractivity contribution is 5.94. The number of hydrogen-bond donors (Lipinski definition) is 3. The van der Waals surface area contributed by atoms with Crippen LogP contribution in [0.4, 0.5) is 0 Å². The highest BCUT2D eigenvalue weighted by Crippen LogP contribution is 2.37. The third-order valence-electron chi connectivity index (χ3n) is 5.29. The number of fused-ring (bicyclic) bond motifs is 1. The lowest BCUT2D eigenvalue weighted by Crippen LogP contribution is -2.44. The van der Waals surface area contributed by atoms with Gasteiger partial charge in [0.15, 0.2) is 0 Å². The lowest BCUT2D eigenvalue weighted by Gasteiger charge is -2.33. The number of nitrogens with one attached hydrogen (secondary N) is 3. The van der Waals surface area contributed by atoms with Crippen molar-refractivity contribution < 1.29 is 4.79 Å². The van der Waals surface area contributed by atoms with Crippen LogP contribution in [0.1, 0.15) is 46.9 Å². The molecule has 0 spiro atoms. The smallest absolute Gasteiger partial charge is 0.251 e. The number of carbonyl (C=O) groups excluding carboxylic acids is 1. The Morgan fingerprint density at radius 1 is 1.19 bits per heavy atom. The Balaban J connectivity index is 1.44. The molecule has 3 heterocycles. The van der Waals surface area contributed by atoms with Crippen LogP contribution in [0.15, 0.2) is 42.9 Å². The van der Waals surface area contributed by atoms with Gasteiger partial charge in [-0.25, -0.2) is 10.4 Å². The Bertz CT molecular complexity index is 833. The predicted octanol–water partition coefficient (Wildman–Crippen LogP) is 1.46. The van der Waals surface area contributed by atoms with Crippen molar-refractivity contribution in [2.45, 2.75) is 37.4 Å². The van der Waals surface area contributed by atoms with Gasteiger partial charge in [0.2, 0.25) is 0 Å². The van der Waals surface area contributed by atoms with Crippen LogP contribution in [0.5, 0.6) is 0 Å². The molecule has 1 saturated heterocycles. The minimum absolute atomic E-state index is 0.119. The summed E-state index contributed by atoms with van der Waals surface area (Å²) < 4.78 is 0. The number of hydrazine groups is 1. The van der Waals surface area contributed by atoms with Gasteiger partial charge in [0, 0.05) is 36.2 Å². The van der Waals surface area contributed by atoms with Crippen LogP contribution < -0.4 is 16.2 Å². The van der Waals surface area contributed by atoms with Crippen LogP contribution >= 0.6 is 0 Å². The molecule has 7 nitrogen and oxygen atoms in total. The molecule has 0 aromatic carbocycles. The topological polar surface area (TPSA) is 103 Å². The second kappa shape index (κ2) is 7.20. The Morgan fingerprint density at radius 3 is 2.85 bits per heavy atom. The standard InChI is InChI=1S/C19H20N6O/c20-11-15-9-13(5-8-22-15)19(26)23-14-1-2-17-16(10-14)18(25-24-17)12-3-6-21-7-4-12/h3-9,14,16-18,24-25H,1-2,10H2,(H,23,26). The van der Waals surface area contributed by atoms with E-state index in [4.69, 9.17) is 5.26 Å². The van der Waals surface area contributed by atoms with Crippen molar-refractivity contribution in [3.8, 4) is 6.07 Å². The monoisotopic (exact) mass is 348 g/mol. The summed E-state index contributed by atoms with van der Waals surface area (Å²) in [5.74, 6) is 0.260. The van der Waals surface area contributed by atoms with Gasteiger partial charge >= 0.3 is 0 Å². The first-order valence-electron chi connectivity index (χ1n) is 8.82. The van der Waals surface area contributed by atoms with E-state index in [0.717, 1.165) is 19.3 Å². The first-order chi connectivity index (χ1) is 12.7. The van der Waals surface area contributed by atoms with Crippen molar-refractivity contribution in [2.24, 2.45) is 5.92 Å². The average molecular weight is 348 g/mol. The molecule has 0 bridgehead atoms. The van der Waals surface area contributed by atoms with Gasteiger partial charge in [0.05, 0.1) is 6.04 Å². The van der Waals surface area contributed by atoms with E-state index in [2.05, 4.69) is 26.1 Å². The molecule has 4 unspecified atom stereocenters. The molecule has 1 aliphatic carbocycles. The summed E-state index contributed by atoms with van der Waals surface area (Å²) in [4.78, 5) is 20.5. The molecule has 132 valence electrons. The minimum Gasteiger partial charge on any atom is -0.349 e. The molecule has 2 aromatic heterocycles. The van der Waals surface area contributed by atoms with Crippen LogP contribution in [-0.2, 0) is 0 Å². The summed E-state index contributed by atoms with van der Waals surface area (Å²) >= 11 is 0. The second-order valence-corrected chi connectivity index (χ2v) is 6.84. The van der Waals surface area contributed by atoms with Crippen LogP contribution in [0.3, 0.4) is 0 Å². The molecule has 2 aromatic rings. The van der Waals surface area contributed by atoms with Crippen molar-refractivity contribution in [1.29, 1.82) is 5.26 Å². The van der Waals surface area contributed by atoms with E-state index >= 15 is 0 Å². The maximum atomic E-state index is 12.5. The van der Waals surface area contributed by atoms with Gasteiger partial charge in [-0.2, -0.15) is 5.26 Å². The van der Waals surface area contributed by atoms with E-state index in [0.29, 0.717) is 17.5 Å². The van der Waals surface area contributed by atoms with Crippen molar-refractivity contribution in [3.05, 3.63) is 59.7 Å². The van der Waals surface area contributed by atoms with Crippen LogP contribution in [0, 0.1) is 17.2 Å². The highest BCUT2D eigenvalue weighted by Gasteiger charge is 2.41. The maximum Gasteiger partial charge on any atom is 0.251 e. The minimum atomic E-state index is -0.147. The summed E-state index contributed by atoms with van der Waals surface area (Å²) in [5, 5.41) is 12.1. The van der Waals surface area contributed by atoms with E-state index in [1.807, 2.05) is 30.6 Å². The molecule has 4 rings (SSSR count). The Kier molecular flexibility index (Phi) is 4.61. The van der Waals surface area contributed by atoms with Gasteiger partial charge in [0.1, 0.15) is 11.8 Å². The first kappa shape index (κ1) is 16.6. The fourth-order valence-corrected chi connectivity index (χ4v) is 3.99. The molecule has 1 aliphatic heterocycles. The third-order valence-corrected chi connectivity index (χ3v) is 5.29. The summed E-state index contributed by atoms with van der Waals surface area (Å²) in [6, 6.07) is 9.94. The summed E-state index contributed by atoms with van der Waals surface area (Å²) in [6.07, 6.45) is 7.95. The van der Waals surface area contributed by atoms with E-state index in [-0.39, 0.29) is 23.7 Å². The van der Waals surface area contributed by atoms with Crippen molar-refractivity contribution in [2.75, 3.05) is 0 Å². The molecule has 26 heavy (non-hydrogen) atoms. The fourth-order valence-electron chi connectivity index (χ4n) is 3.99. The van der Waals surface area contributed by atoms with Gasteiger partial charge in [-0.05, 0) is 55.0 Å². The molecule has 4 atom stereocenters. The zero-order valence-electron chi connectivity index (χ0n) is 14.2. The number of nitrogens with zero attached hydrogens (tertiary/aromatic N) is 3. The van der Waals surface area contributed by atoms with Gasteiger partial charge < -0.3 is 5.32 Å². The van der Waals surface area contributed by atoms with Gasteiger partial charge in [-0.1, -0.05) is 0 Å². The van der Waals surface area contributed by atoms with Crippen molar-refractivity contribution in [3.63, 3.8) is 0 Å². The van der Waals surface area contributed by atoms with Crippen molar-refractivity contribution >= 4 is 5.91 Å². The Hall–Kier alpha value is -2.82. The molecule has 2 fully saturated rings. The van der Waals surface area contributed by atoms with Crippen LogP contribution in [0.25, 0.3) is 0 Å². The molecule has 1 amide bonds.